The van der Waals surface area contributed by atoms with Crippen molar-refractivity contribution < 1.29 is 14.3 Å². The Morgan fingerprint density at radius 1 is 1.12 bits per heavy atom. The molecular formula is C18H12Cl2N2O3S. The Bertz CT molecular complexity index is 959. The molecule has 2 aromatic rings. The van der Waals surface area contributed by atoms with Gasteiger partial charge >= 0.3 is 0 Å². The molecule has 1 aliphatic rings. The molecule has 1 N–H and O–H groups in total. The van der Waals surface area contributed by atoms with E-state index in [4.69, 9.17) is 40.2 Å². The summed E-state index contributed by atoms with van der Waals surface area (Å²) in [6.45, 7) is 0. The third kappa shape index (κ3) is 3.44. The maximum atomic E-state index is 12.9. The number of benzene rings is 2. The van der Waals surface area contributed by atoms with Gasteiger partial charge in [0.1, 0.15) is 11.3 Å². The monoisotopic (exact) mass is 406 g/mol. The van der Waals surface area contributed by atoms with Crippen molar-refractivity contribution in [3.63, 3.8) is 0 Å². The first-order valence-electron chi connectivity index (χ1n) is 7.42. The number of hydrogen-bond acceptors (Lipinski definition) is 4. The maximum absolute atomic E-state index is 12.9. The Labute approximate surface area is 165 Å². The molecule has 0 unspecified atom stereocenters. The fourth-order valence-electron chi connectivity index (χ4n) is 2.45. The molecular weight excluding hydrogens is 395 g/mol. The van der Waals surface area contributed by atoms with Gasteiger partial charge in [0.05, 0.1) is 22.8 Å². The van der Waals surface area contributed by atoms with Crippen molar-refractivity contribution >= 4 is 64.1 Å². The van der Waals surface area contributed by atoms with Gasteiger partial charge in [-0.1, -0.05) is 41.4 Å². The first-order chi connectivity index (χ1) is 12.4. The number of carbonyl (C=O) groups excluding carboxylic acids is 2. The Morgan fingerprint density at radius 2 is 1.85 bits per heavy atom. The zero-order chi connectivity index (χ0) is 18.8. The number of para-hydroxylation sites is 1. The molecule has 5 nitrogen and oxygen atoms in total. The number of nitrogens with one attached hydrogen (secondary N) is 1. The third-order valence-corrected chi connectivity index (χ3v) is 4.58. The molecule has 2 aromatic carbocycles. The fourth-order valence-corrected chi connectivity index (χ4v) is 3.21. The molecule has 0 radical (unpaired) electrons. The molecule has 3 rings (SSSR count). The summed E-state index contributed by atoms with van der Waals surface area (Å²) in [5.41, 5.74) is 0.879. The average molecular weight is 407 g/mol. The van der Waals surface area contributed by atoms with E-state index in [1.807, 2.05) is 0 Å². The van der Waals surface area contributed by atoms with E-state index >= 15 is 0 Å². The Kier molecular flexibility index (Phi) is 5.27. The molecule has 132 valence electrons. The van der Waals surface area contributed by atoms with E-state index in [1.165, 1.54) is 18.1 Å². The van der Waals surface area contributed by atoms with Gasteiger partial charge in [0.2, 0.25) is 0 Å². The number of thiocarbonyl (C=S) groups is 1. The van der Waals surface area contributed by atoms with Crippen LogP contribution in [0.15, 0.2) is 48.0 Å². The molecule has 2 amide bonds. The van der Waals surface area contributed by atoms with E-state index < -0.39 is 11.8 Å². The first kappa shape index (κ1) is 18.4. The minimum Gasteiger partial charge on any atom is -0.495 e. The molecule has 1 saturated heterocycles. The highest BCUT2D eigenvalue weighted by atomic mass is 35.5. The lowest BCUT2D eigenvalue weighted by Crippen LogP contribution is -2.54. The van der Waals surface area contributed by atoms with E-state index in [2.05, 4.69) is 5.32 Å². The van der Waals surface area contributed by atoms with Crippen LogP contribution >= 0.6 is 35.4 Å². The highest BCUT2D eigenvalue weighted by molar-refractivity contribution is 7.80. The van der Waals surface area contributed by atoms with Gasteiger partial charge in [0, 0.05) is 0 Å². The van der Waals surface area contributed by atoms with E-state index in [-0.39, 0.29) is 10.7 Å². The first-order valence-corrected chi connectivity index (χ1v) is 8.58. The van der Waals surface area contributed by atoms with Crippen LogP contribution in [-0.4, -0.2) is 24.0 Å². The number of carbonyl (C=O) groups is 2. The Hall–Kier alpha value is -2.41. The molecule has 0 spiro atoms. The summed E-state index contributed by atoms with van der Waals surface area (Å²) in [5.74, 6) is -0.666. The normalized spacial score (nSPS) is 16.0. The lowest BCUT2D eigenvalue weighted by molar-refractivity contribution is -0.122. The predicted octanol–water partition coefficient (Wildman–Crippen LogP) is 3.83. The lowest BCUT2D eigenvalue weighted by Gasteiger charge is -2.29. The second kappa shape index (κ2) is 7.45. The zero-order valence-electron chi connectivity index (χ0n) is 13.5. The molecule has 0 aromatic heterocycles. The lowest BCUT2D eigenvalue weighted by atomic mass is 10.1. The number of anilines is 1. The summed E-state index contributed by atoms with van der Waals surface area (Å²) in [5, 5.41) is 3.18. The van der Waals surface area contributed by atoms with Crippen LogP contribution in [0.3, 0.4) is 0 Å². The summed E-state index contributed by atoms with van der Waals surface area (Å²) >= 11 is 17.4. The van der Waals surface area contributed by atoms with Crippen molar-refractivity contribution in [1.82, 2.24) is 5.32 Å². The van der Waals surface area contributed by atoms with Gasteiger partial charge in [-0.25, -0.2) is 0 Å². The second-order valence-corrected chi connectivity index (χ2v) is 6.50. The quantitative estimate of drug-likeness (QED) is 0.477. The predicted molar refractivity (Wildman–Crippen MR) is 106 cm³/mol. The van der Waals surface area contributed by atoms with E-state index in [0.29, 0.717) is 27.0 Å². The van der Waals surface area contributed by atoms with Crippen LogP contribution < -0.4 is 15.0 Å². The van der Waals surface area contributed by atoms with Crippen molar-refractivity contribution in [2.24, 2.45) is 0 Å². The summed E-state index contributed by atoms with van der Waals surface area (Å²) in [7, 11) is 1.50. The molecule has 1 fully saturated rings. The zero-order valence-corrected chi connectivity index (χ0v) is 15.8. The molecule has 0 atom stereocenters. The van der Waals surface area contributed by atoms with Gasteiger partial charge in [-0.2, -0.15) is 0 Å². The smallest absolute Gasteiger partial charge is 0.270 e. The molecule has 1 aliphatic heterocycles. The molecule has 0 aliphatic carbocycles. The SMILES string of the molecule is COc1ccc(/C=C2\C(=O)NC(=S)N(c3ccccc3Cl)C2=O)cc1Cl. The van der Waals surface area contributed by atoms with Gasteiger partial charge < -0.3 is 4.74 Å². The summed E-state index contributed by atoms with van der Waals surface area (Å²) in [4.78, 5) is 26.4. The van der Waals surface area contributed by atoms with Gasteiger partial charge in [-0.05, 0) is 48.1 Å². The summed E-state index contributed by atoms with van der Waals surface area (Å²) in [6, 6.07) is 11.7. The number of methoxy groups -OCH3 is 1. The standard InChI is InChI=1S/C18H12Cl2N2O3S/c1-25-15-7-6-10(9-13(15)20)8-11-16(23)21-18(26)22(17(11)24)14-5-3-2-4-12(14)19/h2-9H,1H3,(H,21,23,26)/b11-8+. The van der Waals surface area contributed by atoms with Crippen LogP contribution in [-0.2, 0) is 9.59 Å². The van der Waals surface area contributed by atoms with Gasteiger partial charge in [0.25, 0.3) is 11.8 Å². The van der Waals surface area contributed by atoms with Crippen molar-refractivity contribution in [2.75, 3.05) is 12.0 Å². The van der Waals surface area contributed by atoms with E-state index in [0.717, 1.165) is 0 Å². The van der Waals surface area contributed by atoms with Gasteiger partial charge in [-0.15, -0.1) is 0 Å². The minimum absolute atomic E-state index is 0.0296. The van der Waals surface area contributed by atoms with Crippen LogP contribution in [0.5, 0.6) is 5.75 Å². The molecule has 26 heavy (non-hydrogen) atoms. The summed E-state index contributed by atoms with van der Waals surface area (Å²) < 4.78 is 5.10. The number of hydrogen-bond donors (Lipinski definition) is 1. The Balaban J connectivity index is 2.03. The highest BCUT2D eigenvalue weighted by Crippen LogP contribution is 2.30. The van der Waals surface area contributed by atoms with Crippen molar-refractivity contribution in [3.05, 3.63) is 63.6 Å². The average Bonchev–Trinajstić information content (AvgIpc) is 2.60. The van der Waals surface area contributed by atoms with Crippen molar-refractivity contribution in [2.45, 2.75) is 0 Å². The van der Waals surface area contributed by atoms with Crippen molar-refractivity contribution in [3.8, 4) is 5.75 Å². The largest absolute Gasteiger partial charge is 0.495 e. The highest BCUT2D eigenvalue weighted by Gasteiger charge is 2.35. The molecule has 0 saturated carbocycles. The van der Waals surface area contributed by atoms with Crippen molar-refractivity contribution in [1.29, 1.82) is 0 Å². The number of ether oxygens (including phenoxy) is 1. The van der Waals surface area contributed by atoms with Crippen LogP contribution in [0.4, 0.5) is 5.69 Å². The second-order valence-electron chi connectivity index (χ2n) is 5.30. The number of rotatable bonds is 3. The minimum atomic E-state index is -0.588. The number of amides is 2. The van der Waals surface area contributed by atoms with E-state index in [9.17, 15) is 9.59 Å². The maximum Gasteiger partial charge on any atom is 0.270 e. The van der Waals surface area contributed by atoms with Crippen LogP contribution in [0.1, 0.15) is 5.56 Å². The van der Waals surface area contributed by atoms with Crippen LogP contribution in [0.25, 0.3) is 6.08 Å². The summed E-state index contributed by atoms with van der Waals surface area (Å²) in [6.07, 6.45) is 1.44. The fraction of sp³-hybridized carbons (Fsp3) is 0.0556. The molecule has 8 heteroatoms. The van der Waals surface area contributed by atoms with Gasteiger partial charge in [0.15, 0.2) is 5.11 Å². The van der Waals surface area contributed by atoms with E-state index in [1.54, 1.807) is 42.5 Å². The Morgan fingerprint density at radius 3 is 2.50 bits per heavy atom. The number of halogens is 2. The molecule has 1 heterocycles. The third-order valence-electron chi connectivity index (χ3n) is 3.68. The topological polar surface area (TPSA) is 58.6 Å². The van der Waals surface area contributed by atoms with Gasteiger partial charge in [-0.3, -0.25) is 19.8 Å². The van der Waals surface area contributed by atoms with Crippen LogP contribution in [0, 0.1) is 0 Å². The molecule has 0 bridgehead atoms. The number of nitrogens with zero attached hydrogens (tertiary/aromatic N) is 1. The van der Waals surface area contributed by atoms with Crippen LogP contribution in [0.2, 0.25) is 10.0 Å².